The summed E-state index contributed by atoms with van der Waals surface area (Å²) in [5.41, 5.74) is 0. The van der Waals surface area contributed by atoms with Crippen molar-refractivity contribution in [3.63, 3.8) is 0 Å². The molecule has 0 spiro atoms. The minimum absolute atomic E-state index is 0.0481. The molecule has 0 aromatic carbocycles. The van der Waals surface area contributed by atoms with Crippen LogP contribution in [-0.2, 0) is 11.3 Å². The number of imidazole rings is 1. The fourth-order valence-electron chi connectivity index (χ4n) is 0.928. The molecule has 0 bridgehead atoms. The van der Waals surface area contributed by atoms with E-state index in [9.17, 15) is 4.79 Å². The molecule has 1 rings (SSSR count). The van der Waals surface area contributed by atoms with Gasteiger partial charge in [0, 0.05) is 32.4 Å². The van der Waals surface area contributed by atoms with Gasteiger partial charge in [0.15, 0.2) is 0 Å². The Bertz CT molecular complexity index is 245. The molecule has 1 amide bonds. The molecule has 0 fully saturated rings. The van der Waals surface area contributed by atoms with E-state index >= 15 is 0 Å². The lowest BCUT2D eigenvalue weighted by Gasteiger charge is -2.01. The van der Waals surface area contributed by atoms with Crippen LogP contribution in [0, 0.1) is 0 Å². The number of aromatic nitrogens is 2. The third-order valence-corrected chi connectivity index (χ3v) is 1.65. The number of carbonyl (C=O) groups excluding carboxylic acids is 1. The highest BCUT2D eigenvalue weighted by Crippen LogP contribution is 1.86. The third-order valence-electron chi connectivity index (χ3n) is 1.65. The van der Waals surface area contributed by atoms with Crippen LogP contribution in [0.3, 0.4) is 0 Å². The molecule has 0 radical (unpaired) electrons. The number of aromatic amines is 1. The van der Waals surface area contributed by atoms with Crippen LogP contribution in [0.1, 0.15) is 12.2 Å². The molecule has 5 nitrogen and oxygen atoms in total. The summed E-state index contributed by atoms with van der Waals surface area (Å²) in [6.07, 6.45) is 3.97. The number of hydrogen-bond donors (Lipinski definition) is 3. The lowest BCUT2D eigenvalue weighted by atomic mass is 10.4. The molecule has 0 unspecified atom stereocenters. The minimum Gasteiger partial charge on any atom is -0.359 e. The number of hydrogen-bond acceptors (Lipinski definition) is 3. The molecular weight excluding hydrogens is 168 g/mol. The van der Waals surface area contributed by atoms with Gasteiger partial charge in [0.2, 0.25) is 5.91 Å². The summed E-state index contributed by atoms with van der Waals surface area (Å²) in [5.74, 6) is 0.934. The predicted molar refractivity (Wildman–Crippen MR) is 49.0 cm³/mol. The van der Waals surface area contributed by atoms with Crippen molar-refractivity contribution in [3.05, 3.63) is 18.2 Å². The molecule has 1 heterocycles. The number of H-pyrrole nitrogens is 1. The third kappa shape index (κ3) is 3.71. The Morgan fingerprint density at radius 1 is 1.69 bits per heavy atom. The minimum atomic E-state index is 0.0481. The van der Waals surface area contributed by atoms with Crippen LogP contribution in [0.4, 0.5) is 0 Å². The van der Waals surface area contributed by atoms with E-state index in [2.05, 4.69) is 20.6 Å². The first-order chi connectivity index (χ1) is 6.33. The predicted octanol–water partition coefficient (Wildman–Crippen LogP) is -0.365. The van der Waals surface area contributed by atoms with E-state index in [0.717, 1.165) is 5.82 Å². The van der Waals surface area contributed by atoms with Crippen molar-refractivity contribution in [1.82, 2.24) is 20.6 Å². The first kappa shape index (κ1) is 9.73. The van der Waals surface area contributed by atoms with Crippen LogP contribution in [0.2, 0.25) is 0 Å². The molecule has 72 valence electrons. The fourth-order valence-corrected chi connectivity index (χ4v) is 0.928. The molecule has 5 heteroatoms. The summed E-state index contributed by atoms with van der Waals surface area (Å²) in [6.45, 7) is 1.34. The Kier molecular flexibility index (Phi) is 3.98. The van der Waals surface area contributed by atoms with Gasteiger partial charge in [-0.2, -0.15) is 0 Å². The molecule has 0 saturated heterocycles. The molecular formula is C8H14N4O. The fraction of sp³-hybridized carbons (Fsp3) is 0.500. The zero-order valence-corrected chi connectivity index (χ0v) is 7.63. The van der Waals surface area contributed by atoms with Crippen molar-refractivity contribution < 1.29 is 4.79 Å². The maximum absolute atomic E-state index is 10.8. The molecule has 0 aliphatic heterocycles. The summed E-state index contributed by atoms with van der Waals surface area (Å²) in [4.78, 5) is 17.8. The average Bonchev–Trinajstić information content (AvgIpc) is 2.64. The maximum Gasteiger partial charge on any atom is 0.221 e. The summed E-state index contributed by atoms with van der Waals surface area (Å²) in [6, 6.07) is 0. The van der Waals surface area contributed by atoms with E-state index in [4.69, 9.17) is 0 Å². The molecule has 0 saturated carbocycles. The Morgan fingerprint density at radius 2 is 2.54 bits per heavy atom. The number of rotatable bonds is 5. The normalized spacial score (nSPS) is 9.92. The van der Waals surface area contributed by atoms with Gasteiger partial charge in [0.25, 0.3) is 0 Å². The van der Waals surface area contributed by atoms with Crippen molar-refractivity contribution >= 4 is 5.91 Å². The topological polar surface area (TPSA) is 69.8 Å². The van der Waals surface area contributed by atoms with Crippen LogP contribution >= 0.6 is 0 Å². The second-order valence-corrected chi connectivity index (χ2v) is 2.64. The highest BCUT2D eigenvalue weighted by molar-refractivity contribution is 5.75. The van der Waals surface area contributed by atoms with Gasteiger partial charge in [-0.25, -0.2) is 4.98 Å². The number of nitrogens with one attached hydrogen (secondary N) is 3. The van der Waals surface area contributed by atoms with Crippen LogP contribution in [-0.4, -0.2) is 29.5 Å². The van der Waals surface area contributed by atoms with Gasteiger partial charge in [-0.1, -0.05) is 0 Å². The zero-order valence-electron chi connectivity index (χ0n) is 7.63. The number of nitrogens with zero attached hydrogens (tertiary/aromatic N) is 1. The monoisotopic (exact) mass is 182 g/mol. The maximum atomic E-state index is 10.8. The van der Waals surface area contributed by atoms with Crippen molar-refractivity contribution in [2.24, 2.45) is 0 Å². The van der Waals surface area contributed by atoms with Gasteiger partial charge in [-0.15, -0.1) is 0 Å². The van der Waals surface area contributed by atoms with Crippen molar-refractivity contribution in [2.45, 2.75) is 13.0 Å². The van der Waals surface area contributed by atoms with E-state index in [-0.39, 0.29) is 5.91 Å². The van der Waals surface area contributed by atoms with Gasteiger partial charge in [-0.05, 0) is 0 Å². The molecule has 1 aromatic heterocycles. The molecule has 3 N–H and O–H groups in total. The lowest BCUT2D eigenvalue weighted by Crippen LogP contribution is -2.24. The standard InChI is InChI=1S/C8H14N4O/c1-9-8(13)2-3-10-6-7-11-4-5-12-7/h4-5,10H,2-3,6H2,1H3,(H,9,13)(H,11,12). The van der Waals surface area contributed by atoms with Crippen molar-refractivity contribution in [2.75, 3.05) is 13.6 Å². The number of amides is 1. The zero-order chi connectivity index (χ0) is 9.52. The van der Waals surface area contributed by atoms with Crippen LogP contribution in [0.15, 0.2) is 12.4 Å². The summed E-state index contributed by atoms with van der Waals surface area (Å²) < 4.78 is 0. The van der Waals surface area contributed by atoms with Crippen LogP contribution < -0.4 is 10.6 Å². The van der Waals surface area contributed by atoms with E-state index in [1.807, 2.05) is 0 Å². The van der Waals surface area contributed by atoms with Crippen LogP contribution in [0.5, 0.6) is 0 Å². The first-order valence-corrected chi connectivity index (χ1v) is 4.22. The Morgan fingerprint density at radius 3 is 3.15 bits per heavy atom. The van der Waals surface area contributed by atoms with Crippen molar-refractivity contribution in [1.29, 1.82) is 0 Å². The largest absolute Gasteiger partial charge is 0.359 e. The van der Waals surface area contributed by atoms with Crippen LogP contribution in [0.25, 0.3) is 0 Å². The molecule has 0 atom stereocenters. The van der Waals surface area contributed by atoms with Gasteiger partial charge in [0.05, 0.1) is 6.54 Å². The SMILES string of the molecule is CNC(=O)CCNCc1ncc[nH]1. The summed E-state index contributed by atoms with van der Waals surface area (Å²) in [7, 11) is 1.63. The van der Waals surface area contributed by atoms with Gasteiger partial charge in [0.1, 0.15) is 5.82 Å². The molecule has 0 aliphatic rings. The molecule has 0 aliphatic carbocycles. The second-order valence-electron chi connectivity index (χ2n) is 2.64. The summed E-state index contributed by atoms with van der Waals surface area (Å²) in [5, 5.41) is 5.65. The average molecular weight is 182 g/mol. The summed E-state index contributed by atoms with van der Waals surface area (Å²) >= 11 is 0. The Balaban J connectivity index is 2.05. The van der Waals surface area contributed by atoms with E-state index in [0.29, 0.717) is 19.5 Å². The second kappa shape index (κ2) is 5.31. The quantitative estimate of drug-likeness (QED) is 0.544. The van der Waals surface area contributed by atoms with Gasteiger partial charge in [-0.3, -0.25) is 4.79 Å². The lowest BCUT2D eigenvalue weighted by molar-refractivity contribution is -0.120. The number of carbonyl (C=O) groups is 1. The van der Waals surface area contributed by atoms with E-state index in [1.54, 1.807) is 19.4 Å². The highest BCUT2D eigenvalue weighted by atomic mass is 16.1. The molecule has 13 heavy (non-hydrogen) atoms. The molecule has 1 aromatic rings. The van der Waals surface area contributed by atoms with E-state index in [1.165, 1.54) is 0 Å². The highest BCUT2D eigenvalue weighted by Gasteiger charge is 1.97. The Labute approximate surface area is 76.9 Å². The van der Waals surface area contributed by atoms with Crippen molar-refractivity contribution in [3.8, 4) is 0 Å². The first-order valence-electron chi connectivity index (χ1n) is 4.22. The smallest absolute Gasteiger partial charge is 0.221 e. The van der Waals surface area contributed by atoms with E-state index < -0.39 is 0 Å². The van der Waals surface area contributed by atoms with Gasteiger partial charge >= 0.3 is 0 Å². The van der Waals surface area contributed by atoms with Gasteiger partial charge < -0.3 is 15.6 Å². The Hall–Kier alpha value is -1.36.